The van der Waals surface area contributed by atoms with Crippen molar-refractivity contribution in [2.45, 2.75) is 31.7 Å². The van der Waals surface area contributed by atoms with Crippen LogP contribution in [0, 0.1) is 5.92 Å². The van der Waals surface area contributed by atoms with E-state index in [1.807, 2.05) is 0 Å². The van der Waals surface area contributed by atoms with Gasteiger partial charge in [-0.15, -0.1) is 13.2 Å². The molecule has 1 atom stereocenters. The number of carbonyl (C=O) groups is 1. The Morgan fingerprint density at radius 3 is 2.38 bits per heavy atom. The predicted octanol–water partition coefficient (Wildman–Crippen LogP) is 2.48. The van der Waals surface area contributed by atoms with E-state index < -0.39 is 17.9 Å². The Bertz CT molecular complexity index is 507. The first kappa shape index (κ1) is 15.6. The summed E-state index contributed by atoms with van der Waals surface area (Å²) in [7, 11) is 0. The number of nitrogens with one attached hydrogen (secondary N) is 1. The van der Waals surface area contributed by atoms with Crippen molar-refractivity contribution in [3.8, 4) is 5.75 Å². The quantitative estimate of drug-likeness (QED) is 0.878. The zero-order chi connectivity index (χ0) is 15.7. The van der Waals surface area contributed by atoms with Crippen molar-refractivity contribution in [2.75, 3.05) is 6.54 Å². The third-order valence-electron chi connectivity index (χ3n) is 3.41. The van der Waals surface area contributed by atoms with Crippen LogP contribution in [0.5, 0.6) is 5.75 Å². The molecule has 1 fully saturated rings. The number of ether oxygens (including phenoxy) is 1. The summed E-state index contributed by atoms with van der Waals surface area (Å²) in [5, 5.41) is 12.6. The van der Waals surface area contributed by atoms with Gasteiger partial charge in [0.15, 0.2) is 0 Å². The highest BCUT2D eigenvalue weighted by Gasteiger charge is 2.40. The van der Waals surface area contributed by atoms with Crippen molar-refractivity contribution in [3.63, 3.8) is 0 Å². The number of alkyl halides is 3. The minimum Gasteiger partial charge on any atom is -0.406 e. The van der Waals surface area contributed by atoms with Gasteiger partial charge in [-0.1, -0.05) is 0 Å². The normalized spacial score (nSPS) is 18.0. The lowest BCUT2D eigenvalue weighted by Crippen LogP contribution is -2.42. The van der Waals surface area contributed by atoms with Crippen LogP contribution in [0.15, 0.2) is 24.3 Å². The first-order valence-electron chi connectivity index (χ1n) is 6.54. The number of benzene rings is 1. The molecule has 2 N–H and O–H groups in total. The van der Waals surface area contributed by atoms with Crippen molar-refractivity contribution < 1.29 is 27.8 Å². The molecule has 0 spiro atoms. The number of hydrogen-bond donors (Lipinski definition) is 2. The lowest BCUT2D eigenvalue weighted by Gasteiger charge is -2.23. The summed E-state index contributed by atoms with van der Waals surface area (Å²) in [6, 6.07) is 4.62. The number of hydrogen-bond acceptors (Lipinski definition) is 3. The molecule has 2 rings (SSSR count). The van der Waals surface area contributed by atoms with Gasteiger partial charge >= 0.3 is 6.36 Å². The van der Waals surface area contributed by atoms with Crippen molar-refractivity contribution in [1.29, 1.82) is 0 Å². The van der Waals surface area contributed by atoms with Gasteiger partial charge in [0.1, 0.15) is 5.75 Å². The Balaban J connectivity index is 1.90. The SMILES string of the molecule is C[C@@](O)(CNC(=O)c1ccc(OC(F)(F)F)cc1)C1CC1. The summed E-state index contributed by atoms with van der Waals surface area (Å²) in [6.07, 6.45) is -2.88. The summed E-state index contributed by atoms with van der Waals surface area (Å²) in [6.45, 7) is 1.77. The molecule has 1 aromatic rings. The van der Waals surface area contributed by atoms with E-state index in [0.29, 0.717) is 0 Å². The van der Waals surface area contributed by atoms with E-state index in [1.54, 1.807) is 6.92 Å². The van der Waals surface area contributed by atoms with Crippen LogP contribution in [0.4, 0.5) is 13.2 Å². The first-order valence-corrected chi connectivity index (χ1v) is 6.54. The van der Waals surface area contributed by atoms with E-state index in [0.717, 1.165) is 25.0 Å². The van der Waals surface area contributed by atoms with Gasteiger partial charge in [0.25, 0.3) is 5.91 Å². The molecule has 0 aromatic heterocycles. The standard InChI is InChI=1S/C14H16F3NO3/c1-13(20,10-4-5-10)8-18-12(19)9-2-6-11(7-3-9)21-14(15,16)17/h2-3,6-7,10,20H,4-5,8H2,1H3,(H,18,19)/t13-/m1/s1. The predicted molar refractivity (Wildman–Crippen MR) is 68.8 cm³/mol. The monoisotopic (exact) mass is 303 g/mol. The smallest absolute Gasteiger partial charge is 0.406 e. The van der Waals surface area contributed by atoms with Crippen molar-refractivity contribution in [3.05, 3.63) is 29.8 Å². The summed E-state index contributed by atoms with van der Waals surface area (Å²) in [5.41, 5.74) is -0.745. The Kier molecular flexibility index (Phi) is 4.13. The van der Waals surface area contributed by atoms with Gasteiger partial charge in [0.05, 0.1) is 5.60 Å². The fraction of sp³-hybridized carbons (Fsp3) is 0.500. The zero-order valence-electron chi connectivity index (χ0n) is 11.4. The van der Waals surface area contributed by atoms with E-state index >= 15 is 0 Å². The van der Waals surface area contributed by atoms with Crippen molar-refractivity contribution >= 4 is 5.91 Å². The summed E-state index contributed by atoms with van der Waals surface area (Å²) < 4.78 is 39.7. The molecule has 0 unspecified atom stereocenters. The highest BCUT2D eigenvalue weighted by atomic mass is 19.4. The van der Waals surface area contributed by atoms with Crippen LogP contribution < -0.4 is 10.1 Å². The summed E-state index contributed by atoms with van der Waals surface area (Å²) >= 11 is 0. The Hall–Kier alpha value is -1.76. The summed E-state index contributed by atoms with van der Waals surface area (Å²) in [4.78, 5) is 11.8. The maximum atomic E-state index is 12.0. The maximum absolute atomic E-state index is 12.0. The molecule has 1 aromatic carbocycles. The van der Waals surface area contributed by atoms with E-state index in [9.17, 15) is 23.1 Å². The molecule has 7 heteroatoms. The molecule has 21 heavy (non-hydrogen) atoms. The Morgan fingerprint density at radius 1 is 1.33 bits per heavy atom. The molecule has 4 nitrogen and oxygen atoms in total. The fourth-order valence-corrected chi connectivity index (χ4v) is 2.02. The molecule has 1 amide bonds. The average molecular weight is 303 g/mol. The number of halogens is 3. The largest absolute Gasteiger partial charge is 0.573 e. The lowest BCUT2D eigenvalue weighted by molar-refractivity contribution is -0.274. The van der Waals surface area contributed by atoms with Crippen LogP contribution in [0.25, 0.3) is 0 Å². The van der Waals surface area contributed by atoms with Gasteiger partial charge in [-0.3, -0.25) is 4.79 Å². The number of rotatable bonds is 5. The second kappa shape index (κ2) is 5.55. The molecule has 0 bridgehead atoms. The number of amides is 1. The second-order valence-electron chi connectivity index (χ2n) is 5.39. The van der Waals surface area contributed by atoms with Crippen LogP contribution in [0.3, 0.4) is 0 Å². The van der Waals surface area contributed by atoms with Gasteiger partial charge in [0.2, 0.25) is 0 Å². The van der Waals surface area contributed by atoms with Crippen LogP contribution in [0.2, 0.25) is 0 Å². The van der Waals surface area contributed by atoms with E-state index in [1.165, 1.54) is 12.1 Å². The number of aliphatic hydroxyl groups is 1. The zero-order valence-corrected chi connectivity index (χ0v) is 11.4. The van der Waals surface area contributed by atoms with Crippen LogP contribution in [-0.2, 0) is 0 Å². The summed E-state index contributed by atoms with van der Waals surface area (Å²) in [5.74, 6) is -0.640. The molecule has 0 saturated heterocycles. The van der Waals surface area contributed by atoms with Gasteiger partial charge in [-0.2, -0.15) is 0 Å². The topological polar surface area (TPSA) is 58.6 Å². The molecule has 1 aliphatic rings. The van der Waals surface area contributed by atoms with Gasteiger partial charge in [-0.05, 0) is 49.9 Å². The van der Waals surface area contributed by atoms with Crippen LogP contribution in [0.1, 0.15) is 30.1 Å². The molecule has 1 saturated carbocycles. The molecular weight excluding hydrogens is 287 g/mol. The third kappa shape index (κ3) is 4.63. The average Bonchev–Trinajstić information content (AvgIpc) is 3.19. The van der Waals surface area contributed by atoms with Crippen molar-refractivity contribution in [2.24, 2.45) is 5.92 Å². The minimum atomic E-state index is -4.76. The van der Waals surface area contributed by atoms with Crippen molar-refractivity contribution in [1.82, 2.24) is 5.32 Å². The number of carbonyl (C=O) groups excluding carboxylic acids is 1. The van der Waals surface area contributed by atoms with Gasteiger partial charge in [0, 0.05) is 12.1 Å². The van der Waals surface area contributed by atoms with E-state index in [2.05, 4.69) is 10.1 Å². The highest BCUT2D eigenvalue weighted by molar-refractivity contribution is 5.94. The van der Waals surface area contributed by atoms with Crippen LogP contribution >= 0.6 is 0 Å². The van der Waals surface area contributed by atoms with Crippen LogP contribution in [-0.4, -0.2) is 29.5 Å². The van der Waals surface area contributed by atoms with Gasteiger partial charge in [-0.25, -0.2) is 0 Å². The molecule has 0 radical (unpaired) electrons. The van der Waals surface area contributed by atoms with Gasteiger partial charge < -0.3 is 15.2 Å². The first-order chi connectivity index (χ1) is 9.67. The molecule has 0 aliphatic heterocycles. The molecule has 116 valence electrons. The molecular formula is C14H16F3NO3. The maximum Gasteiger partial charge on any atom is 0.573 e. The van der Waals surface area contributed by atoms with E-state index in [-0.39, 0.29) is 23.8 Å². The third-order valence-corrected chi connectivity index (χ3v) is 3.41. The Morgan fingerprint density at radius 2 is 1.90 bits per heavy atom. The fourth-order valence-electron chi connectivity index (χ4n) is 2.02. The lowest BCUT2D eigenvalue weighted by atomic mass is 10.0. The molecule has 1 aliphatic carbocycles. The molecule has 0 heterocycles. The highest BCUT2D eigenvalue weighted by Crippen LogP contribution is 2.39. The minimum absolute atomic E-state index is 0.108. The second-order valence-corrected chi connectivity index (χ2v) is 5.39. The Labute approximate surface area is 119 Å². The van der Waals surface area contributed by atoms with E-state index in [4.69, 9.17) is 0 Å².